The normalized spacial score (nSPS) is 17.4. The molecular weight excluding hydrogens is 235 g/mol. The molecule has 2 rings (SSSR count). The summed E-state index contributed by atoms with van der Waals surface area (Å²) in [4.78, 5) is 0. The molecule has 5 heteroatoms. The molecule has 0 bridgehead atoms. The van der Waals surface area contributed by atoms with Gasteiger partial charge in [-0.05, 0) is 24.3 Å². The zero-order valence-corrected chi connectivity index (χ0v) is 9.42. The van der Waals surface area contributed by atoms with Crippen molar-refractivity contribution < 1.29 is 13.2 Å². The summed E-state index contributed by atoms with van der Waals surface area (Å²) in [6.45, 7) is 0. The summed E-state index contributed by atoms with van der Waals surface area (Å²) in [7, 11) is 0. The Morgan fingerprint density at radius 1 is 1.06 bits per heavy atom. The van der Waals surface area contributed by atoms with Gasteiger partial charge in [0.2, 0.25) is 0 Å². The van der Waals surface area contributed by atoms with Crippen molar-refractivity contribution in [1.82, 2.24) is 0 Å². The van der Waals surface area contributed by atoms with Crippen LogP contribution in [0.5, 0.6) is 0 Å². The quantitative estimate of drug-likeness (QED) is 0.859. The first-order valence-electron chi connectivity index (χ1n) is 5.15. The summed E-state index contributed by atoms with van der Waals surface area (Å²) >= 11 is 1.83. The summed E-state index contributed by atoms with van der Waals surface area (Å²) < 4.78 is 39.3. The van der Waals surface area contributed by atoms with Crippen LogP contribution in [0.4, 0.5) is 18.9 Å². The zero-order valence-electron chi connectivity index (χ0n) is 8.60. The summed E-state index contributed by atoms with van der Waals surface area (Å²) in [5.74, 6) is -0.643. The van der Waals surface area contributed by atoms with Crippen LogP contribution in [-0.4, -0.2) is 17.5 Å². The topological polar surface area (TPSA) is 12.0 Å². The van der Waals surface area contributed by atoms with Crippen molar-refractivity contribution in [2.75, 3.05) is 16.8 Å². The molecule has 1 aliphatic rings. The van der Waals surface area contributed by atoms with E-state index in [2.05, 4.69) is 5.32 Å². The van der Waals surface area contributed by atoms with Gasteiger partial charge < -0.3 is 5.32 Å². The van der Waals surface area contributed by atoms with Gasteiger partial charge >= 0.3 is 0 Å². The minimum Gasteiger partial charge on any atom is -0.377 e. The molecule has 1 heterocycles. The van der Waals surface area contributed by atoms with Gasteiger partial charge in [0.25, 0.3) is 0 Å². The number of hydrogen-bond acceptors (Lipinski definition) is 2. The summed E-state index contributed by atoms with van der Waals surface area (Å²) in [6, 6.07) is 1.47. The molecular formula is C11H12F3NS. The molecule has 0 unspecified atom stereocenters. The van der Waals surface area contributed by atoms with Crippen molar-refractivity contribution in [1.29, 1.82) is 0 Å². The van der Waals surface area contributed by atoms with E-state index in [4.69, 9.17) is 0 Å². The van der Waals surface area contributed by atoms with Crippen LogP contribution < -0.4 is 5.32 Å². The van der Waals surface area contributed by atoms with E-state index in [0.717, 1.165) is 24.3 Å². The molecule has 0 atom stereocenters. The average molecular weight is 247 g/mol. The van der Waals surface area contributed by atoms with E-state index in [1.807, 2.05) is 11.8 Å². The van der Waals surface area contributed by atoms with E-state index >= 15 is 0 Å². The van der Waals surface area contributed by atoms with E-state index < -0.39 is 17.5 Å². The summed E-state index contributed by atoms with van der Waals surface area (Å²) in [6.07, 6.45) is 1.75. The Morgan fingerprint density at radius 3 is 2.19 bits per heavy atom. The second-order valence-electron chi connectivity index (χ2n) is 3.78. The highest BCUT2D eigenvalue weighted by atomic mass is 32.2. The van der Waals surface area contributed by atoms with Gasteiger partial charge in [-0.25, -0.2) is 13.2 Å². The summed E-state index contributed by atoms with van der Waals surface area (Å²) in [5, 5.41) is 2.81. The number of anilines is 1. The van der Waals surface area contributed by atoms with Crippen LogP contribution in [0.1, 0.15) is 12.8 Å². The maximum absolute atomic E-state index is 13.3. The Morgan fingerprint density at radius 2 is 1.62 bits per heavy atom. The lowest BCUT2D eigenvalue weighted by Gasteiger charge is -2.24. The van der Waals surface area contributed by atoms with Gasteiger partial charge in [0.05, 0.1) is 0 Å². The lowest BCUT2D eigenvalue weighted by Crippen LogP contribution is -2.25. The Labute approximate surface area is 96.4 Å². The highest BCUT2D eigenvalue weighted by molar-refractivity contribution is 7.99. The van der Waals surface area contributed by atoms with Crippen LogP contribution in [0, 0.1) is 17.5 Å². The molecule has 0 radical (unpaired) electrons. The molecule has 1 aromatic carbocycles. The van der Waals surface area contributed by atoms with Crippen molar-refractivity contribution >= 4 is 17.4 Å². The highest BCUT2D eigenvalue weighted by Crippen LogP contribution is 2.25. The molecule has 0 spiro atoms. The van der Waals surface area contributed by atoms with E-state index in [1.54, 1.807) is 0 Å². The fraction of sp³-hybridized carbons (Fsp3) is 0.455. The maximum Gasteiger partial charge on any atom is 0.152 e. The number of nitrogens with one attached hydrogen (secondary N) is 1. The fourth-order valence-electron chi connectivity index (χ4n) is 1.73. The fourth-order valence-corrected chi connectivity index (χ4v) is 2.83. The number of rotatable bonds is 2. The first-order chi connectivity index (χ1) is 7.66. The van der Waals surface area contributed by atoms with Gasteiger partial charge in [0, 0.05) is 18.2 Å². The highest BCUT2D eigenvalue weighted by Gasteiger charge is 2.18. The zero-order chi connectivity index (χ0) is 11.5. The number of thioether (sulfide) groups is 1. The summed E-state index contributed by atoms with van der Waals surface area (Å²) in [5.41, 5.74) is -0.210. The Bertz CT molecular complexity index is 354. The van der Waals surface area contributed by atoms with Gasteiger partial charge in [0.15, 0.2) is 11.6 Å². The maximum atomic E-state index is 13.3. The van der Waals surface area contributed by atoms with Gasteiger partial charge in [-0.15, -0.1) is 0 Å². The predicted octanol–water partition coefficient (Wildman–Crippen LogP) is 3.41. The van der Waals surface area contributed by atoms with E-state index in [0.29, 0.717) is 12.1 Å². The van der Waals surface area contributed by atoms with Crippen molar-refractivity contribution in [3.05, 3.63) is 29.6 Å². The van der Waals surface area contributed by atoms with Crippen LogP contribution in [0.25, 0.3) is 0 Å². The van der Waals surface area contributed by atoms with E-state index in [9.17, 15) is 13.2 Å². The van der Waals surface area contributed by atoms with E-state index in [-0.39, 0.29) is 11.7 Å². The molecule has 1 nitrogen and oxygen atoms in total. The molecule has 0 aliphatic carbocycles. The first kappa shape index (κ1) is 11.6. The van der Waals surface area contributed by atoms with Crippen molar-refractivity contribution in [3.8, 4) is 0 Å². The molecule has 0 aromatic heterocycles. The van der Waals surface area contributed by atoms with Crippen LogP contribution >= 0.6 is 11.8 Å². The molecule has 1 fully saturated rings. The van der Waals surface area contributed by atoms with Crippen LogP contribution in [0.15, 0.2) is 12.1 Å². The van der Waals surface area contributed by atoms with Crippen molar-refractivity contribution in [3.63, 3.8) is 0 Å². The minimum atomic E-state index is -0.889. The van der Waals surface area contributed by atoms with E-state index in [1.165, 1.54) is 0 Å². The molecule has 1 saturated heterocycles. The monoisotopic (exact) mass is 247 g/mol. The molecule has 16 heavy (non-hydrogen) atoms. The second kappa shape index (κ2) is 4.99. The smallest absolute Gasteiger partial charge is 0.152 e. The molecule has 1 aromatic rings. The van der Waals surface area contributed by atoms with Gasteiger partial charge in [0.1, 0.15) is 11.5 Å². The van der Waals surface area contributed by atoms with Gasteiger partial charge in [-0.2, -0.15) is 11.8 Å². The van der Waals surface area contributed by atoms with Gasteiger partial charge in [-0.1, -0.05) is 0 Å². The predicted molar refractivity (Wildman–Crippen MR) is 60.3 cm³/mol. The standard InChI is InChI=1S/C11H12F3NS/c12-7-5-9(13)11(10(14)6-7)15-8-1-3-16-4-2-8/h5-6,8,15H,1-4H2. The molecule has 88 valence electrons. The molecule has 0 saturated carbocycles. The first-order valence-corrected chi connectivity index (χ1v) is 6.31. The number of benzene rings is 1. The number of halogens is 3. The largest absolute Gasteiger partial charge is 0.377 e. The van der Waals surface area contributed by atoms with Crippen LogP contribution in [-0.2, 0) is 0 Å². The average Bonchev–Trinajstić information content (AvgIpc) is 2.25. The Hall–Kier alpha value is -0.840. The minimum absolute atomic E-state index is 0.0794. The third-order valence-corrected chi connectivity index (χ3v) is 3.63. The lowest BCUT2D eigenvalue weighted by atomic mass is 10.1. The van der Waals surface area contributed by atoms with Crippen LogP contribution in [0.2, 0.25) is 0 Å². The number of hydrogen-bond donors (Lipinski definition) is 1. The molecule has 0 amide bonds. The molecule has 1 aliphatic heterocycles. The van der Waals surface area contributed by atoms with Gasteiger partial charge in [-0.3, -0.25) is 0 Å². The Balaban J connectivity index is 2.14. The Kier molecular flexibility index (Phi) is 3.63. The van der Waals surface area contributed by atoms with Crippen molar-refractivity contribution in [2.24, 2.45) is 0 Å². The van der Waals surface area contributed by atoms with Crippen molar-refractivity contribution in [2.45, 2.75) is 18.9 Å². The lowest BCUT2D eigenvalue weighted by molar-refractivity contribution is 0.540. The third-order valence-electron chi connectivity index (χ3n) is 2.58. The second-order valence-corrected chi connectivity index (χ2v) is 5.00. The molecule has 1 N–H and O–H groups in total. The van der Waals surface area contributed by atoms with Crippen LogP contribution in [0.3, 0.4) is 0 Å². The third kappa shape index (κ3) is 2.64. The SMILES string of the molecule is Fc1cc(F)c(NC2CCSCC2)c(F)c1.